The topological polar surface area (TPSA) is 82.6 Å². The molecule has 1 atom stereocenters. The van der Waals surface area contributed by atoms with Gasteiger partial charge in [0.2, 0.25) is 0 Å². The maximum absolute atomic E-state index is 13.3. The van der Waals surface area contributed by atoms with Gasteiger partial charge in [-0.25, -0.2) is 0 Å². The van der Waals surface area contributed by atoms with Crippen LogP contribution in [0.15, 0.2) is 53.0 Å². The zero-order valence-corrected chi connectivity index (χ0v) is 21.2. The molecule has 0 bridgehead atoms. The molecule has 2 N–H and O–H groups in total. The first kappa shape index (κ1) is 25.5. The van der Waals surface area contributed by atoms with Gasteiger partial charge < -0.3 is 10.5 Å². The molecule has 0 amide bonds. The number of thiophene rings is 1. The Balaban J connectivity index is 1.57. The van der Waals surface area contributed by atoms with Gasteiger partial charge in [-0.05, 0) is 55.7 Å². The molecule has 37 heavy (non-hydrogen) atoms. The van der Waals surface area contributed by atoms with Crippen molar-refractivity contribution in [1.29, 1.82) is 5.26 Å². The monoisotopic (exact) mass is 528 g/mol. The lowest BCUT2D eigenvalue weighted by molar-refractivity contribution is -0.137. The van der Waals surface area contributed by atoms with E-state index in [-0.39, 0.29) is 17.2 Å². The number of nitriles is 1. The third-order valence-corrected chi connectivity index (χ3v) is 8.35. The highest BCUT2D eigenvalue weighted by atomic mass is 32.1. The summed E-state index contributed by atoms with van der Waals surface area (Å²) in [6.45, 7) is 5.89. The normalized spacial score (nSPS) is 21.3. The summed E-state index contributed by atoms with van der Waals surface area (Å²) in [6, 6.07) is 8.96. The molecular weight excluding hydrogens is 501 g/mol. The van der Waals surface area contributed by atoms with E-state index in [1.807, 2.05) is 6.92 Å². The minimum absolute atomic E-state index is 0.0517. The molecule has 0 radical (unpaired) electrons. The number of allylic oxidation sites excluding steroid dienone is 3. The molecule has 2 aromatic rings. The van der Waals surface area contributed by atoms with Crippen LogP contribution in [0.5, 0.6) is 0 Å². The number of rotatable bonds is 4. The van der Waals surface area contributed by atoms with Crippen molar-refractivity contribution >= 4 is 22.8 Å². The van der Waals surface area contributed by atoms with Crippen LogP contribution in [0, 0.1) is 18.3 Å². The van der Waals surface area contributed by atoms with Gasteiger partial charge in [-0.1, -0.05) is 0 Å². The first-order chi connectivity index (χ1) is 17.7. The summed E-state index contributed by atoms with van der Waals surface area (Å²) in [7, 11) is 0. The Bertz CT molecular complexity index is 1310. The van der Waals surface area contributed by atoms with Gasteiger partial charge in [0.1, 0.15) is 5.82 Å². The van der Waals surface area contributed by atoms with E-state index in [0.717, 1.165) is 47.1 Å². The van der Waals surface area contributed by atoms with E-state index >= 15 is 0 Å². The number of Topliss-reactive ketones (excluding diaryl/α,β-unsaturated/α-hetero) is 1. The van der Waals surface area contributed by atoms with E-state index < -0.39 is 17.7 Å². The van der Waals surface area contributed by atoms with E-state index in [4.69, 9.17) is 10.5 Å². The van der Waals surface area contributed by atoms with Gasteiger partial charge in [0.15, 0.2) is 5.78 Å². The van der Waals surface area contributed by atoms with Crippen LogP contribution in [0.25, 0.3) is 0 Å². The fraction of sp³-hybridized carbons (Fsp3) is 0.407. The predicted molar refractivity (Wildman–Crippen MR) is 135 cm³/mol. The molecule has 3 heterocycles. The molecule has 0 saturated carbocycles. The van der Waals surface area contributed by atoms with E-state index in [2.05, 4.69) is 17.0 Å². The van der Waals surface area contributed by atoms with Crippen LogP contribution in [0.1, 0.15) is 46.1 Å². The van der Waals surface area contributed by atoms with Crippen LogP contribution in [0.2, 0.25) is 0 Å². The van der Waals surface area contributed by atoms with Crippen molar-refractivity contribution in [3.05, 3.63) is 73.9 Å². The lowest BCUT2D eigenvalue weighted by Gasteiger charge is -2.39. The summed E-state index contributed by atoms with van der Waals surface area (Å²) in [5, 5.41) is 10.2. The Labute approximate surface area is 217 Å². The second-order valence-corrected chi connectivity index (χ2v) is 10.8. The quantitative estimate of drug-likeness (QED) is 0.587. The minimum atomic E-state index is -4.47. The van der Waals surface area contributed by atoms with Gasteiger partial charge in [0.25, 0.3) is 0 Å². The lowest BCUT2D eigenvalue weighted by atomic mass is 9.78. The summed E-state index contributed by atoms with van der Waals surface area (Å²) in [6.07, 6.45) is -2.95. The summed E-state index contributed by atoms with van der Waals surface area (Å²) in [4.78, 5) is 19.2. The average molecular weight is 529 g/mol. The van der Waals surface area contributed by atoms with Crippen LogP contribution in [0.3, 0.4) is 0 Å². The molecule has 0 unspecified atom stereocenters. The Morgan fingerprint density at radius 3 is 2.54 bits per heavy atom. The van der Waals surface area contributed by atoms with Crippen LogP contribution in [0.4, 0.5) is 18.9 Å². The van der Waals surface area contributed by atoms with Gasteiger partial charge >= 0.3 is 6.18 Å². The van der Waals surface area contributed by atoms with Crippen LogP contribution in [-0.4, -0.2) is 37.0 Å². The van der Waals surface area contributed by atoms with Crippen LogP contribution < -0.4 is 10.6 Å². The number of benzene rings is 1. The number of nitrogens with two attached hydrogens (primary N) is 1. The summed E-state index contributed by atoms with van der Waals surface area (Å²) in [5.74, 6) is -0.480. The first-order valence-corrected chi connectivity index (χ1v) is 13.0. The number of carbonyl (C=O) groups excluding carboxylic acids is 1. The molecule has 6 nitrogen and oxygen atoms in total. The van der Waals surface area contributed by atoms with Gasteiger partial charge in [0, 0.05) is 52.8 Å². The van der Waals surface area contributed by atoms with Crippen molar-refractivity contribution in [1.82, 2.24) is 4.90 Å². The Hall–Kier alpha value is -3.13. The number of ketones is 1. The third kappa shape index (κ3) is 4.79. The summed E-state index contributed by atoms with van der Waals surface area (Å²) < 4.78 is 44.9. The van der Waals surface area contributed by atoms with E-state index in [9.17, 15) is 23.2 Å². The molecule has 1 aliphatic carbocycles. The summed E-state index contributed by atoms with van der Waals surface area (Å²) >= 11 is 1.56. The van der Waals surface area contributed by atoms with Crippen molar-refractivity contribution in [2.24, 2.45) is 5.73 Å². The standard InChI is InChI=1S/C27H27F3N4O2S/c1-16-17(15-33-9-11-36-12-10-33)13-23(37-16)24-20(14-31)26(32)34(21-3-2-4-22(35)25(21)24)19-7-5-18(6-8-19)27(28,29)30/h5-8,13,24H,2-4,9-12,15,32H2,1H3/t24-/m0/s1. The molecule has 2 aliphatic heterocycles. The molecule has 10 heteroatoms. The molecule has 194 valence electrons. The number of nitrogens with zero attached hydrogens (tertiary/aromatic N) is 3. The molecule has 1 aromatic carbocycles. The van der Waals surface area contributed by atoms with Gasteiger partial charge in [-0.15, -0.1) is 11.3 Å². The molecule has 1 saturated heterocycles. The molecular formula is C27H27F3N4O2S. The smallest absolute Gasteiger partial charge is 0.384 e. The van der Waals surface area contributed by atoms with Gasteiger partial charge in [0.05, 0.1) is 36.3 Å². The van der Waals surface area contributed by atoms with Crippen molar-refractivity contribution < 1.29 is 22.7 Å². The van der Waals surface area contributed by atoms with Crippen molar-refractivity contribution in [2.45, 2.75) is 44.8 Å². The highest BCUT2D eigenvalue weighted by molar-refractivity contribution is 7.12. The fourth-order valence-corrected chi connectivity index (χ4v) is 6.47. The minimum Gasteiger partial charge on any atom is -0.384 e. The van der Waals surface area contributed by atoms with Crippen molar-refractivity contribution in [3.63, 3.8) is 0 Å². The number of halogens is 3. The van der Waals surface area contributed by atoms with E-state index in [1.54, 1.807) is 16.2 Å². The van der Waals surface area contributed by atoms with Crippen LogP contribution >= 0.6 is 11.3 Å². The van der Waals surface area contributed by atoms with Gasteiger partial charge in [-0.3, -0.25) is 14.6 Å². The zero-order chi connectivity index (χ0) is 26.3. The maximum Gasteiger partial charge on any atom is 0.416 e. The maximum atomic E-state index is 13.3. The number of carbonyl (C=O) groups is 1. The van der Waals surface area contributed by atoms with Gasteiger partial charge in [-0.2, -0.15) is 18.4 Å². The highest BCUT2D eigenvalue weighted by Gasteiger charge is 2.41. The number of hydrogen-bond donors (Lipinski definition) is 1. The predicted octanol–water partition coefficient (Wildman–Crippen LogP) is 5.21. The molecule has 1 fully saturated rings. The molecule has 5 rings (SSSR count). The number of morpholine rings is 1. The number of alkyl halides is 3. The molecule has 0 spiro atoms. The SMILES string of the molecule is Cc1sc([C@@H]2C(C#N)=C(N)N(c3ccc(C(F)(F)F)cc3)C3=C2C(=O)CCC3)cc1CN1CCOCC1. The number of ether oxygens (including phenoxy) is 1. The largest absolute Gasteiger partial charge is 0.416 e. The molecule has 1 aromatic heterocycles. The van der Waals surface area contributed by atoms with Crippen molar-refractivity contribution in [3.8, 4) is 6.07 Å². The Morgan fingerprint density at radius 1 is 1.19 bits per heavy atom. The van der Waals surface area contributed by atoms with E-state index in [1.165, 1.54) is 12.1 Å². The fourth-order valence-electron chi connectivity index (χ4n) is 5.31. The number of aryl methyl sites for hydroxylation is 1. The zero-order valence-electron chi connectivity index (χ0n) is 20.4. The molecule has 3 aliphatic rings. The number of anilines is 1. The van der Waals surface area contributed by atoms with Crippen molar-refractivity contribution in [2.75, 3.05) is 31.2 Å². The Kier molecular flexibility index (Phi) is 6.88. The summed E-state index contributed by atoms with van der Waals surface area (Å²) in [5.41, 5.74) is 8.77. The lowest BCUT2D eigenvalue weighted by Crippen LogP contribution is -2.38. The second kappa shape index (κ2) is 9.97. The first-order valence-electron chi connectivity index (χ1n) is 12.2. The number of hydrogen-bond acceptors (Lipinski definition) is 7. The second-order valence-electron chi connectivity index (χ2n) is 9.48. The van der Waals surface area contributed by atoms with Crippen LogP contribution in [-0.2, 0) is 22.3 Å². The van der Waals surface area contributed by atoms with E-state index in [0.29, 0.717) is 49.4 Å². The Morgan fingerprint density at radius 2 is 1.89 bits per heavy atom. The average Bonchev–Trinajstić information content (AvgIpc) is 3.23. The third-order valence-electron chi connectivity index (χ3n) is 7.19. The highest BCUT2D eigenvalue weighted by Crippen LogP contribution is 2.48.